The van der Waals surface area contributed by atoms with Crippen molar-refractivity contribution in [1.29, 1.82) is 0 Å². The van der Waals surface area contributed by atoms with E-state index < -0.39 is 6.23 Å². The molecule has 0 N–H and O–H groups in total. The summed E-state index contributed by atoms with van der Waals surface area (Å²) in [4.78, 5) is 0. The molecule has 0 radical (unpaired) electrons. The lowest BCUT2D eigenvalue weighted by molar-refractivity contribution is -0.0203. The highest BCUT2D eigenvalue weighted by atomic mass is 35.5. The molecule has 2 heterocycles. The number of rotatable bonds is 3. The number of methoxy groups -OCH3 is 1. The number of benzene rings is 3. The molecule has 3 aromatic carbocycles. The van der Waals surface area contributed by atoms with Gasteiger partial charge in [0, 0.05) is 17.0 Å². The summed E-state index contributed by atoms with van der Waals surface area (Å²) in [5.41, 5.74) is 3.66. The largest absolute Gasteiger partial charge is 0.496 e. The van der Waals surface area contributed by atoms with Crippen LogP contribution in [0.3, 0.4) is 0 Å². The zero-order valence-electron chi connectivity index (χ0n) is 15.7. The summed E-state index contributed by atoms with van der Waals surface area (Å²) in [6.45, 7) is 0. The number of ether oxygens (including phenoxy) is 2. The predicted molar refractivity (Wildman–Crippen MR) is 110 cm³/mol. The minimum absolute atomic E-state index is 0.0348. The highest BCUT2D eigenvalue weighted by Gasteiger charge is 2.42. The Bertz CT molecular complexity index is 1100. The zero-order chi connectivity index (χ0) is 20.0. The van der Waals surface area contributed by atoms with Crippen molar-refractivity contribution in [3.8, 4) is 11.5 Å². The maximum atomic E-state index is 13.4. The molecule has 146 valence electrons. The molecule has 0 spiro atoms. The third-order valence-corrected chi connectivity index (χ3v) is 5.57. The molecule has 3 aromatic rings. The van der Waals surface area contributed by atoms with Crippen LogP contribution in [0.25, 0.3) is 0 Å². The second kappa shape index (κ2) is 7.08. The molecule has 6 heteroatoms. The molecule has 0 aromatic heterocycles. The van der Waals surface area contributed by atoms with Gasteiger partial charge in [-0.1, -0.05) is 35.9 Å². The molecule has 29 heavy (non-hydrogen) atoms. The highest BCUT2D eigenvalue weighted by molar-refractivity contribution is 6.30. The molecular weight excluding hydrogens is 391 g/mol. The standard InChI is InChI=1S/C23H18ClFN2O2/c1-28-21-5-3-2-4-17(21)23-27-20(18-12-15(24)8-11-22(18)29-23)13-19(26-27)14-6-9-16(25)10-7-14/h2-12,20,23H,13H2,1H3/t20-,23+/m1/s1. The molecular formula is C23H18ClFN2O2. The van der Waals surface area contributed by atoms with E-state index >= 15 is 0 Å². The van der Waals surface area contributed by atoms with E-state index in [4.69, 9.17) is 26.2 Å². The molecule has 0 bridgehead atoms. The maximum absolute atomic E-state index is 13.4. The molecule has 0 aliphatic carbocycles. The van der Waals surface area contributed by atoms with Crippen molar-refractivity contribution in [3.05, 3.63) is 94.3 Å². The SMILES string of the molecule is COc1ccccc1[C@@H]1Oc2ccc(Cl)cc2[C@H]2CC(c3ccc(F)cc3)=NN21. The van der Waals surface area contributed by atoms with Gasteiger partial charge >= 0.3 is 0 Å². The van der Waals surface area contributed by atoms with Gasteiger partial charge in [-0.3, -0.25) is 0 Å². The Morgan fingerprint density at radius 2 is 1.86 bits per heavy atom. The van der Waals surface area contributed by atoms with Gasteiger partial charge in [-0.2, -0.15) is 5.10 Å². The number of hydrazone groups is 1. The van der Waals surface area contributed by atoms with Crippen molar-refractivity contribution in [3.63, 3.8) is 0 Å². The van der Waals surface area contributed by atoms with Gasteiger partial charge in [-0.15, -0.1) is 0 Å². The van der Waals surface area contributed by atoms with E-state index in [2.05, 4.69) is 0 Å². The van der Waals surface area contributed by atoms with Gasteiger partial charge in [0.2, 0.25) is 6.23 Å². The number of halogens is 2. The first-order chi connectivity index (χ1) is 14.1. The fraction of sp³-hybridized carbons (Fsp3) is 0.174. The molecule has 0 saturated heterocycles. The minimum Gasteiger partial charge on any atom is -0.496 e. The van der Waals surface area contributed by atoms with E-state index in [0.717, 1.165) is 33.9 Å². The normalized spacial score (nSPS) is 19.8. The number of para-hydroxylation sites is 1. The fourth-order valence-electron chi connectivity index (χ4n) is 3.95. The third kappa shape index (κ3) is 3.12. The first-order valence-electron chi connectivity index (χ1n) is 9.35. The number of fused-ring (bicyclic) bond motifs is 3. The van der Waals surface area contributed by atoms with Crippen LogP contribution in [-0.4, -0.2) is 17.8 Å². The van der Waals surface area contributed by atoms with E-state index in [1.54, 1.807) is 19.2 Å². The van der Waals surface area contributed by atoms with Gasteiger partial charge in [0.25, 0.3) is 0 Å². The van der Waals surface area contributed by atoms with Gasteiger partial charge in [0.05, 0.1) is 24.4 Å². The zero-order valence-corrected chi connectivity index (χ0v) is 16.4. The second-order valence-electron chi connectivity index (χ2n) is 7.05. The summed E-state index contributed by atoms with van der Waals surface area (Å²) in [6, 6.07) is 19.8. The van der Waals surface area contributed by atoms with Crippen LogP contribution in [0.2, 0.25) is 5.02 Å². The average Bonchev–Trinajstić information content (AvgIpc) is 3.19. The maximum Gasteiger partial charge on any atom is 0.217 e. The Kier molecular flexibility index (Phi) is 4.40. The van der Waals surface area contributed by atoms with E-state index in [9.17, 15) is 4.39 Å². The summed E-state index contributed by atoms with van der Waals surface area (Å²) in [5.74, 6) is 1.25. The average molecular weight is 409 g/mol. The number of hydrogen-bond acceptors (Lipinski definition) is 4. The van der Waals surface area contributed by atoms with Crippen molar-refractivity contribution in [2.24, 2.45) is 5.10 Å². The Labute approximate surface area is 173 Å². The van der Waals surface area contributed by atoms with Crippen molar-refractivity contribution in [2.75, 3.05) is 7.11 Å². The monoisotopic (exact) mass is 408 g/mol. The van der Waals surface area contributed by atoms with E-state index in [1.165, 1.54) is 12.1 Å². The summed E-state index contributed by atoms with van der Waals surface area (Å²) in [5, 5.41) is 7.48. The molecule has 4 nitrogen and oxygen atoms in total. The van der Waals surface area contributed by atoms with Gasteiger partial charge in [0.15, 0.2) is 0 Å². The molecule has 0 amide bonds. The van der Waals surface area contributed by atoms with Gasteiger partial charge in [0.1, 0.15) is 17.3 Å². The van der Waals surface area contributed by atoms with E-state index in [0.29, 0.717) is 11.4 Å². The summed E-state index contributed by atoms with van der Waals surface area (Å²) in [7, 11) is 1.64. The molecule has 0 unspecified atom stereocenters. The van der Waals surface area contributed by atoms with Crippen LogP contribution in [0.15, 0.2) is 71.8 Å². The lowest BCUT2D eigenvalue weighted by atomic mass is 9.96. The van der Waals surface area contributed by atoms with Crippen molar-refractivity contribution in [2.45, 2.75) is 18.7 Å². The van der Waals surface area contributed by atoms with Crippen LogP contribution in [-0.2, 0) is 0 Å². The Hall–Kier alpha value is -3.05. The molecule has 2 aliphatic rings. The van der Waals surface area contributed by atoms with Crippen molar-refractivity contribution in [1.82, 2.24) is 5.01 Å². The van der Waals surface area contributed by atoms with Gasteiger partial charge in [-0.05, 0) is 48.0 Å². The smallest absolute Gasteiger partial charge is 0.217 e. The Balaban J connectivity index is 1.62. The van der Waals surface area contributed by atoms with Gasteiger partial charge in [-0.25, -0.2) is 9.40 Å². The topological polar surface area (TPSA) is 34.1 Å². The Morgan fingerprint density at radius 3 is 2.66 bits per heavy atom. The van der Waals surface area contributed by atoms with Crippen LogP contribution in [0.4, 0.5) is 4.39 Å². The molecule has 2 atom stereocenters. The predicted octanol–water partition coefficient (Wildman–Crippen LogP) is 5.73. The first-order valence-corrected chi connectivity index (χ1v) is 9.72. The fourth-order valence-corrected chi connectivity index (χ4v) is 4.13. The second-order valence-corrected chi connectivity index (χ2v) is 7.48. The van der Waals surface area contributed by atoms with Crippen LogP contribution < -0.4 is 9.47 Å². The minimum atomic E-state index is -0.442. The van der Waals surface area contributed by atoms with Crippen LogP contribution in [0.1, 0.15) is 35.4 Å². The Morgan fingerprint density at radius 1 is 1.07 bits per heavy atom. The first kappa shape index (κ1) is 18.0. The summed E-state index contributed by atoms with van der Waals surface area (Å²) < 4.78 is 25.3. The molecule has 0 saturated carbocycles. The van der Waals surface area contributed by atoms with E-state index in [1.807, 2.05) is 47.5 Å². The highest BCUT2D eigenvalue weighted by Crippen LogP contribution is 2.49. The lowest BCUT2D eigenvalue weighted by Gasteiger charge is -2.38. The van der Waals surface area contributed by atoms with Crippen molar-refractivity contribution < 1.29 is 13.9 Å². The summed E-state index contributed by atoms with van der Waals surface area (Å²) in [6.07, 6.45) is 0.233. The van der Waals surface area contributed by atoms with Crippen LogP contribution in [0.5, 0.6) is 11.5 Å². The third-order valence-electron chi connectivity index (χ3n) is 5.33. The van der Waals surface area contributed by atoms with Crippen LogP contribution >= 0.6 is 11.6 Å². The van der Waals surface area contributed by atoms with Crippen molar-refractivity contribution >= 4 is 17.3 Å². The lowest BCUT2D eigenvalue weighted by Crippen LogP contribution is -2.33. The molecule has 0 fully saturated rings. The molecule has 5 rings (SSSR count). The molecule has 2 aliphatic heterocycles. The van der Waals surface area contributed by atoms with Crippen LogP contribution in [0, 0.1) is 5.82 Å². The number of hydrogen-bond donors (Lipinski definition) is 0. The van der Waals surface area contributed by atoms with Gasteiger partial charge < -0.3 is 9.47 Å². The van der Waals surface area contributed by atoms with E-state index in [-0.39, 0.29) is 11.9 Å². The quantitative estimate of drug-likeness (QED) is 0.555. The number of nitrogens with zero attached hydrogens (tertiary/aromatic N) is 2. The summed E-state index contributed by atoms with van der Waals surface area (Å²) >= 11 is 6.27.